The molecular weight excluding hydrogens is 518 g/mol. The largest absolute Gasteiger partial charge is 0.416 e. The molecule has 0 spiro atoms. The van der Waals surface area contributed by atoms with Gasteiger partial charge in [0.1, 0.15) is 17.6 Å². The topological polar surface area (TPSA) is 61.9 Å². The number of rotatable bonds is 5. The molecule has 3 amide bonds. The number of likely N-dealkylation sites (N-methyl/N-ethyl adjacent to an activating group) is 1. The van der Waals surface area contributed by atoms with Crippen LogP contribution in [0.3, 0.4) is 0 Å². The van der Waals surface area contributed by atoms with Crippen molar-refractivity contribution in [3.05, 3.63) is 57.6 Å². The number of alkyl halides is 6. The van der Waals surface area contributed by atoms with Crippen molar-refractivity contribution in [3.63, 3.8) is 0 Å². The number of hydrogen-bond donors (Lipinski definition) is 1. The number of hydrogen-bond acceptors (Lipinski definition) is 3. The van der Waals surface area contributed by atoms with Crippen LogP contribution in [-0.2, 0) is 28.4 Å². The van der Waals surface area contributed by atoms with E-state index in [9.17, 15) is 44.7 Å². The Labute approximate surface area is 196 Å². The summed E-state index contributed by atoms with van der Waals surface area (Å²) in [6.45, 7) is 0.448. The van der Waals surface area contributed by atoms with Crippen molar-refractivity contribution >= 4 is 34.9 Å². The minimum atomic E-state index is -5.39. The van der Waals surface area contributed by atoms with Gasteiger partial charge in [-0.1, -0.05) is 11.6 Å². The maximum Gasteiger partial charge on any atom is 0.416 e. The standard InChI is InChI=1S/C20H14ClF8N3O3/c1-2-31(13-4-3-12(22)16(21)17(13)23)15(33)7-10-11(20(27,28)29)5-9(19(24,25)26)6-14(10)32-18(34)30-8-35-32/h3-6H,2,7-8H2,1H3,(H,30,34). The number of anilines is 2. The Hall–Kier alpha value is -3.13. The normalized spacial score (nSPS) is 14.3. The average molecular weight is 532 g/mol. The summed E-state index contributed by atoms with van der Waals surface area (Å²) in [5.41, 5.74) is -6.18. The molecule has 0 radical (unpaired) electrons. The van der Waals surface area contributed by atoms with E-state index < -0.39 is 82.2 Å². The fraction of sp³-hybridized carbons (Fsp3) is 0.300. The van der Waals surface area contributed by atoms with Gasteiger partial charge in [-0.15, -0.1) is 0 Å². The molecule has 1 aliphatic heterocycles. The SMILES string of the molecule is CCN(C(=O)Cc1c(N2OCNC2=O)cc(C(F)(F)F)cc1C(F)(F)F)c1ccc(F)c(Cl)c1F. The number of hydroxylamine groups is 1. The van der Waals surface area contributed by atoms with Crippen molar-refractivity contribution < 1.29 is 49.5 Å². The Balaban J connectivity index is 2.18. The van der Waals surface area contributed by atoms with Gasteiger partial charge in [0.2, 0.25) is 5.91 Å². The first-order valence-electron chi connectivity index (χ1n) is 9.62. The van der Waals surface area contributed by atoms with E-state index in [1.807, 2.05) is 0 Å². The lowest BCUT2D eigenvalue weighted by atomic mass is 9.97. The first-order chi connectivity index (χ1) is 16.2. The summed E-state index contributed by atoms with van der Waals surface area (Å²) in [4.78, 5) is 30.4. The Bertz CT molecular complexity index is 1170. The van der Waals surface area contributed by atoms with Crippen LogP contribution in [0.1, 0.15) is 23.6 Å². The van der Waals surface area contributed by atoms with Gasteiger partial charge in [0, 0.05) is 12.1 Å². The van der Waals surface area contributed by atoms with Crippen LogP contribution >= 0.6 is 11.6 Å². The van der Waals surface area contributed by atoms with Gasteiger partial charge in [-0.25, -0.2) is 18.4 Å². The second-order valence-electron chi connectivity index (χ2n) is 7.08. The predicted octanol–water partition coefficient (Wildman–Crippen LogP) is 5.67. The Morgan fingerprint density at radius 1 is 1.14 bits per heavy atom. The smallest absolute Gasteiger partial charge is 0.310 e. The van der Waals surface area contributed by atoms with Crippen LogP contribution < -0.4 is 15.3 Å². The Kier molecular flexibility index (Phi) is 7.18. The maximum absolute atomic E-state index is 14.5. The lowest BCUT2D eigenvalue weighted by Crippen LogP contribution is -2.35. The molecular formula is C20H14ClF8N3O3. The van der Waals surface area contributed by atoms with Crippen LogP contribution in [0.25, 0.3) is 0 Å². The fourth-order valence-electron chi connectivity index (χ4n) is 3.36. The average Bonchev–Trinajstić information content (AvgIpc) is 3.18. The van der Waals surface area contributed by atoms with E-state index >= 15 is 0 Å². The van der Waals surface area contributed by atoms with Crippen LogP contribution in [0.5, 0.6) is 0 Å². The van der Waals surface area contributed by atoms with Gasteiger partial charge in [-0.05, 0) is 31.2 Å². The predicted molar refractivity (Wildman–Crippen MR) is 107 cm³/mol. The number of carbonyl (C=O) groups excluding carboxylic acids is 2. The van der Waals surface area contributed by atoms with Gasteiger partial charge in [-0.2, -0.15) is 31.4 Å². The third kappa shape index (κ3) is 5.27. The molecule has 0 aliphatic carbocycles. The molecule has 6 nitrogen and oxygen atoms in total. The van der Waals surface area contributed by atoms with Crippen molar-refractivity contribution in [2.24, 2.45) is 0 Å². The van der Waals surface area contributed by atoms with Crippen molar-refractivity contribution in [3.8, 4) is 0 Å². The second kappa shape index (κ2) is 9.49. The number of urea groups is 1. The zero-order chi connectivity index (χ0) is 26.3. The van der Waals surface area contributed by atoms with Crippen molar-refractivity contribution in [2.45, 2.75) is 25.7 Å². The third-order valence-electron chi connectivity index (χ3n) is 4.93. The lowest BCUT2D eigenvalue weighted by Gasteiger charge is -2.26. The quantitative estimate of drug-likeness (QED) is 0.399. The summed E-state index contributed by atoms with van der Waals surface area (Å²) in [5.74, 6) is -3.73. The molecule has 1 aliphatic rings. The molecule has 1 heterocycles. The molecule has 0 saturated carbocycles. The molecule has 0 unspecified atom stereocenters. The van der Waals surface area contributed by atoms with Crippen molar-refractivity contribution in [1.82, 2.24) is 5.32 Å². The highest BCUT2D eigenvalue weighted by Gasteiger charge is 2.42. The highest BCUT2D eigenvalue weighted by molar-refractivity contribution is 6.31. The molecule has 1 saturated heterocycles. The summed E-state index contributed by atoms with van der Waals surface area (Å²) in [5, 5.41) is 1.25. The number of amides is 3. The van der Waals surface area contributed by atoms with E-state index in [2.05, 4.69) is 5.32 Å². The van der Waals surface area contributed by atoms with Crippen LogP contribution in [-0.4, -0.2) is 25.2 Å². The van der Waals surface area contributed by atoms with E-state index in [-0.39, 0.29) is 23.7 Å². The molecule has 3 rings (SSSR count). The molecule has 1 fully saturated rings. The summed E-state index contributed by atoms with van der Waals surface area (Å²) >= 11 is 5.51. The highest BCUT2D eigenvalue weighted by atomic mass is 35.5. The first-order valence-corrected chi connectivity index (χ1v) is 10.0. The molecule has 15 heteroatoms. The molecule has 0 bridgehead atoms. The lowest BCUT2D eigenvalue weighted by molar-refractivity contribution is -0.143. The van der Waals surface area contributed by atoms with Gasteiger partial charge < -0.3 is 10.2 Å². The van der Waals surface area contributed by atoms with E-state index in [0.29, 0.717) is 4.90 Å². The summed E-state index contributed by atoms with van der Waals surface area (Å²) in [7, 11) is 0. The van der Waals surface area contributed by atoms with Gasteiger partial charge in [-0.3, -0.25) is 4.79 Å². The minimum absolute atomic E-state index is 0.165. The molecule has 190 valence electrons. The highest BCUT2D eigenvalue weighted by Crippen LogP contribution is 2.42. The molecule has 2 aromatic rings. The summed E-state index contributed by atoms with van der Waals surface area (Å²) in [6, 6.07) is 0.409. The maximum atomic E-state index is 14.5. The number of nitrogens with zero attached hydrogens (tertiary/aromatic N) is 2. The van der Waals surface area contributed by atoms with E-state index in [1.165, 1.54) is 6.92 Å². The van der Waals surface area contributed by atoms with Crippen LogP contribution in [0, 0.1) is 11.6 Å². The van der Waals surface area contributed by atoms with Crippen LogP contribution in [0.15, 0.2) is 24.3 Å². The monoisotopic (exact) mass is 531 g/mol. The Morgan fingerprint density at radius 2 is 1.80 bits per heavy atom. The number of benzene rings is 2. The zero-order valence-corrected chi connectivity index (χ0v) is 18.2. The van der Waals surface area contributed by atoms with E-state index in [1.54, 1.807) is 0 Å². The second-order valence-corrected chi connectivity index (χ2v) is 7.45. The minimum Gasteiger partial charge on any atom is -0.310 e. The Morgan fingerprint density at radius 3 is 2.31 bits per heavy atom. The van der Waals surface area contributed by atoms with E-state index in [4.69, 9.17) is 16.4 Å². The number of carbonyl (C=O) groups is 2. The van der Waals surface area contributed by atoms with Gasteiger partial charge in [0.15, 0.2) is 5.82 Å². The molecule has 1 N–H and O–H groups in total. The zero-order valence-electron chi connectivity index (χ0n) is 17.5. The van der Waals surface area contributed by atoms with Crippen LogP contribution in [0.4, 0.5) is 51.3 Å². The van der Waals surface area contributed by atoms with Gasteiger partial charge >= 0.3 is 18.4 Å². The first kappa shape index (κ1) is 26.5. The van der Waals surface area contributed by atoms with E-state index in [0.717, 1.165) is 12.1 Å². The molecule has 0 aromatic heterocycles. The van der Waals surface area contributed by atoms with Crippen molar-refractivity contribution in [1.29, 1.82) is 0 Å². The van der Waals surface area contributed by atoms with Crippen LogP contribution in [0.2, 0.25) is 5.02 Å². The molecule has 0 atom stereocenters. The molecule has 2 aromatic carbocycles. The molecule has 35 heavy (non-hydrogen) atoms. The summed E-state index contributed by atoms with van der Waals surface area (Å²) in [6.07, 6.45) is -11.8. The third-order valence-corrected chi connectivity index (χ3v) is 5.28. The summed E-state index contributed by atoms with van der Waals surface area (Å²) < 4.78 is 110. The van der Waals surface area contributed by atoms with Crippen molar-refractivity contribution in [2.75, 3.05) is 23.2 Å². The number of nitrogens with one attached hydrogen (secondary N) is 1. The fourth-order valence-corrected chi connectivity index (χ4v) is 3.52. The van der Waals surface area contributed by atoms with Gasteiger partial charge in [0.05, 0.1) is 28.9 Å². The number of halogens is 9. The van der Waals surface area contributed by atoms with Gasteiger partial charge in [0.25, 0.3) is 0 Å².